The van der Waals surface area contributed by atoms with Crippen molar-refractivity contribution in [2.45, 2.75) is 25.7 Å². The van der Waals surface area contributed by atoms with Crippen molar-refractivity contribution in [3.8, 4) is 0 Å². The van der Waals surface area contributed by atoms with E-state index in [0.717, 1.165) is 23.7 Å². The first kappa shape index (κ1) is 12.9. The molecular weight excluding hydrogens is 274 g/mol. The smallest absolute Gasteiger partial charge is 0.337 e. The molecule has 0 radical (unpaired) electrons. The van der Waals surface area contributed by atoms with Crippen LogP contribution in [0.5, 0.6) is 0 Å². The molecule has 0 unspecified atom stereocenters. The fraction of sp³-hybridized carbons (Fsp3) is 0.286. The quantitative estimate of drug-likeness (QED) is 0.756. The van der Waals surface area contributed by atoms with E-state index in [4.69, 9.17) is 5.73 Å². The Morgan fingerprint density at radius 3 is 2.90 bits per heavy atom. The summed E-state index contributed by atoms with van der Waals surface area (Å²) in [6.07, 6.45) is 4.45. The number of nitrogens with two attached hydrogens (primary N) is 1. The second-order valence-electron chi connectivity index (χ2n) is 4.83. The molecule has 0 bridgehead atoms. The van der Waals surface area contributed by atoms with Crippen molar-refractivity contribution in [2.24, 2.45) is 0 Å². The lowest BCUT2D eigenvalue weighted by atomic mass is 10.0. The Hall–Kier alpha value is -2.08. The van der Waals surface area contributed by atoms with Crippen LogP contribution in [-0.2, 0) is 12.8 Å². The van der Waals surface area contributed by atoms with Gasteiger partial charge < -0.3 is 16.2 Å². The molecule has 1 aliphatic rings. The summed E-state index contributed by atoms with van der Waals surface area (Å²) < 4.78 is 0. The number of carbonyl (C=O) groups is 1. The van der Waals surface area contributed by atoms with E-state index in [1.54, 1.807) is 23.5 Å². The number of rotatable bonds is 3. The molecule has 0 aliphatic heterocycles. The highest BCUT2D eigenvalue weighted by Crippen LogP contribution is 2.32. The van der Waals surface area contributed by atoms with E-state index < -0.39 is 5.97 Å². The molecule has 1 aromatic carbocycles. The average Bonchev–Trinajstić information content (AvgIpc) is 2.80. The molecule has 0 saturated heterocycles. The number of carboxylic acid groups (broad SMARTS) is 1. The van der Waals surface area contributed by atoms with Gasteiger partial charge in [0.25, 0.3) is 0 Å². The minimum absolute atomic E-state index is 0.201. The van der Waals surface area contributed by atoms with Gasteiger partial charge in [0.15, 0.2) is 5.13 Å². The van der Waals surface area contributed by atoms with Crippen molar-refractivity contribution < 1.29 is 9.90 Å². The number of aromatic carboxylic acids is 1. The third-order valence-corrected chi connectivity index (χ3v) is 4.43. The summed E-state index contributed by atoms with van der Waals surface area (Å²) in [4.78, 5) is 17.1. The normalized spacial score (nSPS) is 13.8. The van der Waals surface area contributed by atoms with Crippen LogP contribution in [0.25, 0.3) is 0 Å². The Morgan fingerprint density at radius 2 is 2.15 bits per heavy atom. The van der Waals surface area contributed by atoms with Crippen molar-refractivity contribution in [3.05, 3.63) is 34.3 Å². The molecular formula is C14H15N3O2S. The molecule has 4 N–H and O–H groups in total. The molecule has 3 rings (SSSR count). The van der Waals surface area contributed by atoms with E-state index in [9.17, 15) is 9.90 Å². The Labute approximate surface area is 120 Å². The van der Waals surface area contributed by atoms with Crippen LogP contribution in [0, 0.1) is 0 Å². The van der Waals surface area contributed by atoms with Crippen LogP contribution in [0.1, 0.15) is 33.8 Å². The fourth-order valence-corrected chi connectivity index (χ4v) is 3.43. The zero-order chi connectivity index (χ0) is 14.1. The number of aromatic nitrogens is 1. The minimum Gasteiger partial charge on any atom is -0.478 e. The van der Waals surface area contributed by atoms with Crippen LogP contribution in [0.2, 0.25) is 0 Å². The van der Waals surface area contributed by atoms with Gasteiger partial charge in [0, 0.05) is 10.6 Å². The Kier molecular flexibility index (Phi) is 3.31. The van der Waals surface area contributed by atoms with Crippen LogP contribution in [-0.4, -0.2) is 16.1 Å². The van der Waals surface area contributed by atoms with Crippen LogP contribution in [0.15, 0.2) is 18.2 Å². The average molecular weight is 289 g/mol. The van der Waals surface area contributed by atoms with Crippen molar-refractivity contribution in [1.29, 1.82) is 0 Å². The lowest BCUT2D eigenvalue weighted by molar-refractivity contribution is 0.0698. The molecule has 6 heteroatoms. The molecule has 20 heavy (non-hydrogen) atoms. The number of hydrogen-bond donors (Lipinski definition) is 3. The number of hydrogen-bond acceptors (Lipinski definition) is 5. The number of benzene rings is 1. The molecule has 1 aliphatic carbocycles. The first-order valence-corrected chi connectivity index (χ1v) is 7.33. The number of aryl methyl sites for hydroxylation is 2. The molecule has 5 nitrogen and oxygen atoms in total. The maximum Gasteiger partial charge on any atom is 0.337 e. The van der Waals surface area contributed by atoms with E-state index in [1.807, 2.05) is 0 Å². The lowest BCUT2D eigenvalue weighted by Crippen LogP contribution is -2.03. The van der Waals surface area contributed by atoms with Gasteiger partial charge >= 0.3 is 5.97 Å². The number of thiazole rings is 1. The molecule has 0 amide bonds. The second kappa shape index (κ2) is 5.13. The zero-order valence-electron chi connectivity index (χ0n) is 10.8. The van der Waals surface area contributed by atoms with Crippen LogP contribution in [0.3, 0.4) is 0 Å². The van der Waals surface area contributed by atoms with Crippen molar-refractivity contribution in [1.82, 2.24) is 4.98 Å². The molecule has 2 aromatic rings. The lowest BCUT2D eigenvalue weighted by Gasteiger charge is -2.07. The first-order valence-electron chi connectivity index (χ1n) is 6.52. The van der Waals surface area contributed by atoms with Crippen molar-refractivity contribution in [2.75, 3.05) is 11.1 Å². The monoisotopic (exact) mass is 289 g/mol. The van der Waals surface area contributed by atoms with E-state index in [1.165, 1.54) is 23.8 Å². The molecule has 0 fully saturated rings. The Balaban J connectivity index is 1.92. The number of fused-ring (bicyclic) bond motifs is 1. The number of carboxylic acids is 1. The summed E-state index contributed by atoms with van der Waals surface area (Å²) in [6.45, 7) is 0. The molecule has 0 spiro atoms. The third-order valence-electron chi connectivity index (χ3n) is 3.36. The van der Waals surface area contributed by atoms with E-state index in [-0.39, 0.29) is 5.56 Å². The topological polar surface area (TPSA) is 88.2 Å². The van der Waals surface area contributed by atoms with Crippen molar-refractivity contribution in [3.63, 3.8) is 0 Å². The maximum atomic E-state index is 11.2. The zero-order valence-corrected chi connectivity index (χ0v) is 11.7. The van der Waals surface area contributed by atoms with E-state index >= 15 is 0 Å². The largest absolute Gasteiger partial charge is 0.478 e. The minimum atomic E-state index is -0.978. The summed E-state index contributed by atoms with van der Waals surface area (Å²) in [5.41, 5.74) is 8.09. The van der Waals surface area contributed by atoms with Gasteiger partial charge in [-0.1, -0.05) is 0 Å². The summed E-state index contributed by atoms with van der Waals surface area (Å²) in [7, 11) is 0. The first-order chi connectivity index (χ1) is 9.63. The summed E-state index contributed by atoms with van der Waals surface area (Å²) in [6, 6.07) is 4.72. The fourth-order valence-electron chi connectivity index (χ4n) is 2.37. The summed E-state index contributed by atoms with van der Waals surface area (Å²) in [5.74, 6) is -0.978. The Morgan fingerprint density at radius 1 is 1.35 bits per heavy atom. The molecule has 0 atom stereocenters. The highest BCUT2D eigenvalue weighted by atomic mass is 32.1. The van der Waals surface area contributed by atoms with Gasteiger partial charge in [-0.15, -0.1) is 11.3 Å². The van der Waals surface area contributed by atoms with Gasteiger partial charge in [0.05, 0.1) is 16.9 Å². The summed E-state index contributed by atoms with van der Waals surface area (Å²) in [5, 5.41) is 13.0. The number of nitrogen functional groups attached to an aromatic ring is 1. The maximum absolute atomic E-state index is 11.2. The van der Waals surface area contributed by atoms with Gasteiger partial charge in [0.2, 0.25) is 0 Å². The SMILES string of the molecule is Nc1ccc(C(=O)O)c(Nc2nc3c(s2)CCCC3)c1. The number of nitrogens with zero attached hydrogens (tertiary/aromatic N) is 1. The molecule has 104 valence electrons. The van der Waals surface area contributed by atoms with Crippen LogP contribution >= 0.6 is 11.3 Å². The van der Waals surface area contributed by atoms with Gasteiger partial charge in [0.1, 0.15) is 0 Å². The standard InChI is InChI=1S/C14H15N3O2S/c15-8-5-6-9(13(18)19)11(7-8)17-14-16-10-3-1-2-4-12(10)20-14/h5-7H,1-4,15H2,(H,16,17)(H,18,19). The van der Waals surface area contributed by atoms with Gasteiger partial charge in [-0.3, -0.25) is 0 Å². The predicted molar refractivity (Wildman–Crippen MR) is 79.9 cm³/mol. The second-order valence-corrected chi connectivity index (χ2v) is 5.91. The van der Waals surface area contributed by atoms with E-state index in [2.05, 4.69) is 10.3 Å². The highest BCUT2D eigenvalue weighted by molar-refractivity contribution is 7.15. The molecule has 1 heterocycles. The highest BCUT2D eigenvalue weighted by Gasteiger charge is 2.17. The Bertz CT molecular complexity index is 643. The number of anilines is 3. The third kappa shape index (κ3) is 2.46. The van der Waals surface area contributed by atoms with Crippen LogP contribution < -0.4 is 11.1 Å². The van der Waals surface area contributed by atoms with Crippen molar-refractivity contribution >= 4 is 33.8 Å². The van der Waals surface area contributed by atoms with Gasteiger partial charge in [-0.05, 0) is 43.9 Å². The van der Waals surface area contributed by atoms with E-state index in [0.29, 0.717) is 11.4 Å². The summed E-state index contributed by atoms with van der Waals surface area (Å²) >= 11 is 1.60. The predicted octanol–water partition coefficient (Wildman–Crippen LogP) is 3.05. The van der Waals surface area contributed by atoms with Gasteiger partial charge in [-0.25, -0.2) is 9.78 Å². The number of nitrogens with one attached hydrogen (secondary N) is 1. The van der Waals surface area contributed by atoms with Gasteiger partial charge in [-0.2, -0.15) is 0 Å². The van der Waals surface area contributed by atoms with Crippen LogP contribution in [0.4, 0.5) is 16.5 Å². The molecule has 0 saturated carbocycles. The molecule has 1 aromatic heterocycles.